The smallest absolute Gasteiger partial charge is 0.231 e. The third-order valence-corrected chi connectivity index (χ3v) is 6.29. The molecular formula is C21H31NO5. The van der Waals surface area contributed by atoms with E-state index >= 15 is 0 Å². The molecule has 0 bridgehead atoms. The fourth-order valence-corrected chi connectivity index (χ4v) is 4.85. The molecule has 0 amide bonds. The van der Waals surface area contributed by atoms with Gasteiger partial charge < -0.3 is 24.1 Å². The number of likely N-dealkylation sites (N-methyl/N-ethyl adjacent to an activating group) is 1. The third kappa shape index (κ3) is 3.50. The lowest BCUT2D eigenvalue weighted by molar-refractivity contribution is -0.0987. The summed E-state index contributed by atoms with van der Waals surface area (Å²) in [7, 11) is 3.80. The van der Waals surface area contributed by atoms with Crippen LogP contribution in [0.15, 0.2) is 6.07 Å². The van der Waals surface area contributed by atoms with Crippen LogP contribution >= 0.6 is 0 Å². The molecule has 0 aromatic heterocycles. The van der Waals surface area contributed by atoms with Crippen molar-refractivity contribution in [3.63, 3.8) is 0 Å². The van der Waals surface area contributed by atoms with E-state index in [1.54, 1.807) is 7.11 Å². The Kier molecular flexibility index (Phi) is 4.99. The predicted octanol–water partition coefficient (Wildman–Crippen LogP) is 2.91. The SMILES string of the molecule is COc1c2c(cc3c1[C@@H](C[C@@H](O)[C@H]1CCOC(C)(C)C1)N(C)CC3)OCO2. The first-order valence-electron chi connectivity index (χ1n) is 9.91. The topological polar surface area (TPSA) is 60.4 Å². The molecule has 0 spiro atoms. The van der Waals surface area contributed by atoms with E-state index in [1.807, 2.05) is 0 Å². The summed E-state index contributed by atoms with van der Waals surface area (Å²) in [6, 6.07) is 2.18. The van der Waals surface area contributed by atoms with Crippen molar-refractivity contribution in [2.45, 2.75) is 57.3 Å². The van der Waals surface area contributed by atoms with Gasteiger partial charge in [-0.25, -0.2) is 0 Å². The zero-order valence-electron chi connectivity index (χ0n) is 16.8. The number of hydrogen-bond donors (Lipinski definition) is 1. The van der Waals surface area contributed by atoms with Gasteiger partial charge in [-0.05, 0) is 64.1 Å². The lowest BCUT2D eigenvalue weighted by atomic mass is 9.80. The van der Waals surface area contributed by atoms with Gasteiger partial charge in [-0.3, -0.25) is 4.90 Å². The molecule has 0 radical (unpaired) electrons. The van der Waals surface area contributed by atoms with Crippen LogP contribution < -0.4 is 14.2 Å². The van der Waals surface area contributed by atoms with Gasteiger partial charge in [0, 0.05) is 24.8 Å². The van der Waals surface area contributed by atoms with Gasteiger partial charge in [0.15, 0.2) is 11.5 Å². The Morgan fingerprint density at radius 2 is 2.19 bits per heavy atom. The Balaban J connectivity index is 1.62. The van der Waals surface area contributed by atoms with Crippen LogP contribution in [0, 0.1) is 5.92 Å². The van der Waals surface area contributed by atoms with Gasteiger partial charge in [-0.2, -0.15) is 0 Å². The maximum absolute atomic E-state index is 11.1. The van der Waals surface area contributed by atoms with Crippen LogP contribution in [-0.4, -0.2) is 55.8 Å². The summed E-state index contributed by atoms with van der Waals surface area (Å²) in [6.45, 7) is 6.12. The molecule has 1 saturated heterocycles. The Morgan fingerprint density at radius 1 is 1.37 bits per heavy atom. The third-order valence-electron chi connectivity index (χ3n) is 6.29. The number of benzene rings is 1. The first kappa shape index (κ1) is 18.8. The van der Waals surface area contributed by atoms with E-state index < -0.39 is 0 Å². The Labute approximate surface area is 161 Å². The van der Waals surface area contributed by atoms with E-state index in [0.717, 1.165) is 42.9 Å². The zero-order valence-corrected chi connectivity index (χ0v) is 16.8. The normalized spacial score (nSPS) is 27.9. The number of rotatable bonds is 4. The summed E-state index contributed by atoms with van der Waals surface area (Å²) in [5.74, 6) is 2.47. The van der Waals surface area contributed by atoms with Gasteiger partial charge in [0.25, 0.3) is 0 Å². The van der Waals surface area contributed by atoms with Crippen LogP contribution in [-0.2, 0) is 11.2 Å². The van der Waals surface area contributed by atoms with E-state index in [4.69, 9.17) is 18.9 Å². The highest BCUT2D eigenvalue weighted by atomic mass is 16.7. The molecule has 6 heteroatoms. The molecule has 4 rings (SSSR count). The zero-order chi connectivity index (χ0) is 19.2. The molecule has 0 aliphatic carbocycles. The molecular weight excluding hydrogens is 346 g/mol. The minimum atomic E-state index is -0.373. The fourth-order valence-electron chi connectivity index (χ4n) is 4.85. The molecule has 0 unspecified atom stereocenters. The van der Waals surface area contributed by atoms with E-state index in [1.165, 1.54) is 5.56 Å². The summed E-state index contributed by atoms with van der Waals surface area (Å²) in [5.41, 5.74) is 2.21. The fraction of sp³-hybridized carbons (Fsp3) is 0.714. The van der Waals surface area contributed by atoms with Crippen molar-refractivity contribution in [1.29, 1.82) is 0 Å². The number of ether oxygens (including phenoxy) is 4. The van der Waals surface area contributed by atoms with Gasteiger partial charge in [0.05, 0.1) is 18.8 Å². The second-order valence-electron chi connectivity index (χ2n) is 8.63. The van der Waals surface area contributed by atoms with Crippen molar-refractivity contribution < 1.29 is 24.1 Å². The van der Waals surface area contributed by atoms with Gasteiger partial charge in [0.2, 0.25) is 12.5 Å². The predicted molar refractivity (Wildman–Crippen MR) is 102 cm³/mol. The summed E-state index contributed by atoms with van der Waals surface area (Å²) >= 11 is 0. The van der Waals surface area contributed by atoms with E-state index in [-0.39, 0.29) is 30.5 Å². The van der Waals surface area contributed by atoms with Crippen LogP contribution in [0.1, 0.15) is 50.3 Å². The molecule has 0 saturated carbocycles. The van der Waals surface area contributed by atoms with Crippen molar-refractivity contribution >= 4 is 0 Å². The standard InChI is InChI=1S/C21H31NO5/c1-21(2)11-14(6-8-27-21)16(23)10-15-18-13(5-7-22(15)3)9-17-19(20(18)24-4)26-12-25-17/h9,14-16,23H,5-8,10-12H2,1-4H3/t14-,15+,16+/m0/s1. The number of methoxy groups -OCH3 is 1. The van der Waals surface area contributed by atoms with Crippen LogP contribution in [0.4, 0.5) is 0 Å². The minimum Gasteiger partial charge on any atom is -0.492 e. The number of fused-ring (bicyclic) bond motifs is 2. The maximum Gasteiger partial charge on any atom is 0.231 e. The molecule has 1 aromatic carbocycles. The number of hydrogen-bond acceptors (Lipinski definition) is 6. The van der Waals surface area contributed by atoms with Crippen LogP contribution in [0.3, 0.4) is 0 Å². The highest BCUT2D eigenvalue weighted by Crippen LogP contribution is 2.50. The van der Waals surface area contributed by atoms with Crippen LogP contribution in [0.25, 0.3) is 0 Å². The van der Waals surface area contributed by atoms with Gasteiger partial charge in [-0.1, -0.05) is 0 Å². The second kappa shape index (κ2) is 7.15. The highest BCUT2D eigenvalue weighted by molar-refractivity contribution is 5.61. The quantitative estimate of drug-likeness (QED) is 0.871. The molecule has 1 aromatic rings. The Bertz CT molecular complexity index is 704. The molecule has 27 heavy (non-hydrogen) atoms. The van der Waals surface area contributed by atoms with Crippen molar-refractivity contribution in [1.82, 2.24) is 4.90 Å². The maximum atomic E-state index is 11.1. The molecule has 3 aliphatic rings. The molecule has 1 fully saturated rings. The number of aliphatic hydroxyl groups excluding tert-OH is 1. The lowest BCUT2D eigenvalue weighted by Gasteiger charge is -2.41. The Morgan fingerprint density at radius 3 is 2.93 bits per heavy atom. The summed E-state index contributed by atoms with van der Waals surface area (Å²) in [6.07, 6.45) is 3.04. The summed E-state index contributed by atoms with van der Waals surface area (Å²) < 4.78 is 22.9. The highest BCUT2D eigenvalue weighted by Gasteiger charge is 2.38. The van der Waals surface area contributed by atoms with E-state index in [2.05, 4.69) is 31.9 Å². The molecule has 1 N–H and O–H groups in total. The lowest BCUT2D eigenvalue weighted by Crippen LogP contribution is -2.41. The van der Waals surface area contributed by atoms with Crippen molar-refractivity contribution in [3.8, 4) is 17.2 Å². The molecule has 6 nitrogen and oxygen atoms in total. The molecule has 3 aliphatic heterocycles. The number of nitrogens with zero attached hydrogens (tertiary/aromatic N) is 1. The van der Waals surface area contributed by atoms with Crippen LogP contribution in [0.2, 0.25) is 0 Å². The van der Waals surface area contributed by atoms with Gasteiger partial charge in [-0.15, -0.1) is 0 Å². The second-order valence-corrected chi connectivity index (χ2v) is 8.63. The first-order valence-corrected chi connectivity index (χ1v) is 9.91. The largest absolute Gasteiger partial charge is 0.492 e. The van der Waals surface area contributed by atoms with Gasteiger partial charge >= 0.3 is 0 Å². The average molecular weight is 377 g/mol. The summed E-state index contributed by atoms with van der Waals surface area (Å²) in [5, 5.41) is 11.1. The molecule has 3 atom stereocenters. The van der Waals surface area contributed by atoms with Crippen molar-refractivity contribution in [3.05, 3.63) is 17.2 Å². The Hall–Kier alpha value is -1.50. The molecule has 150 valence electrons. The van der Waals surface area contributed by atoms with Gasteiger partial charge in [0.1, 0.15) is 0 Å². The monoisotopic (exact) mass is 377 g/mol. The van der Waals surface area contributed by atoms with Crippen molar-refractivity contribution in [2.75, 3.05) is 34.1 Å². The summed E-state index contributed by atoms with van der Waals surface area (Å²) in [4.78, 5) is 2.32. The minimum absolute atomic E-state index is 0.0964. The number of aliphatic hydroxyl groups is 1. The van der Waals surface area contributed by atoms with E-state index in [0.29, 0.717) is 18.8 Å². The average Bonchev–Trinajstić information content (AvgIpc) is 3.09. The first-order chi connectivity index (χ1) is 12.9. The van der Waals surface area contributed by atoms with Crippen molar-refractivity contribution in [2.24, 2.45) is 5.92 Å². The molecule has 3 heterocycles. The van der Waals surface area contributed by atoms with E-state index in [9.17, 15) is 5.11 Å². The van der Waals surface area contributed by atoms with Crippen LogP contribution in [0.5, 0.6) is 17.2 Å².